The predicted molar refractivity (Wildman–Crippen MR) is 89.2 cm³/mol. The van der Waals surface area contributed by atoms with E-state index >= 15 is 0 Å². The Morgan fingerprint density at radius 3 is 2.63 bits per heavy atom. The molecule has 0 bridgehead atoms. The Hall–Kier alpha value is -3.24. The van der Waals surface area contributed by atoms with Gasteiger partial charge in [-0.2, -0.15) is 0 Å². The zero-order valence-corrected chi connectivity index (χ0v) is 14.6. The fourth-order valence-corrected chi connectivity index (χ4v) is 4.39. The molecular formula is C15H13N5O6S. The molecule has 2 aliphatic rings. The number of piperidine rings is 1. The van der Waals surface area contributed by atoms with Crippen molar-refractivity contribution in [3.05, 3.63) is 39.8 Å². The van der Waals surface area contributed by atoms with Crippen molar-refractivity contribution in [3.8, 4) is 0 Å². The van der Waals surface area contributed by atoms with Crippen molar-refractivity contribution in [3.63, 3.8) is 0 Å². The normalized spacial score (nSPS) is 19.6. The van der Waals surface area contributed by atoms with Gasteiger partial charge in [0.25, 0.3) is 11.8 Å². The van der Waals surface area contributed by atoms with Crippen LogP contribution in [0.5, 0.6) is 0 Å². The third kappa shape index (κ3) is 3.15. The first-order valence-corrected chi connectivity index (χ1v) is 9.51. The Morgan fingerprint density at radius 1 is 1.22 bits per heavy atom. The smallest absolute Gasteiger partial charge is 0.263 e. The average Bonchev–Trinajstić information content (AvgIpc) is 2.87. The molecule has 1 unspecified atom stereocenters. The number of azide groups is 1. The van der Waals surface area contributed by atoms with Gasteiger partial charge < -0.3 is 0 Å². The van der Waals surface area contributed by atoms with Gasteiger partial charge in [-0.1, -0.05) is 11.2 Å². The molecule has 0 aromatic heterocycles. The lowest BCUT2D eigenvalue weighted by atomic mass is 10.0. The van der Waals surface area contributed by atoms with Gasteiger partial charge in [0.15, 0.2) is 9.84 Å². The molecule has 0 radical (unpaired) electrons. The number of rotatable bonds is 5. The fraction of sp³-hybridized carbons (Fsp3) is 0.333. The highest BCUT2D eigenvalue weighted by Crippen LogP contribution is 2.32. The molecule has 3 rings (SSSR count). The van der Waals surface area contributed by atoms with Crippen molar-refractivity contribution in [1.82, 2.24) is 10.2 Å². The number of amides is 4. The molecule has 2 aliphatic heterocycles. The second-order valence-corrected chi connectivity index (χ2v) is 7.98. The Kier molecular flexibility index (Phi) is 4.68. The van der Waals surface area contributed by atoms with Crippen LogP contribution in [0.15, 0.2) is 28.2 Å². The van der Waals surface area contributed by atoms with Gasteiger partial charge in [0.2, 0.25) is 11.8 Å². The molecule has 140 valence electrons. The lowest BCUT2D eigenvalue weighted by Gasteiger charge is -2.27. The third-order valence-corrected chi connectivity index (χ3v) is 6.02. The van der Waals surface area contributed by atoms with Crippen LogP contribution in [0.2, 0.25) is 0 Å². The van der Waals surface area contributed by atoms with Gasteiger partial charge >= 0.3 is 0 Å². The molecule has 1 N–H and O–H groups in total. The summed E-state index contributed by atoms with van der Waals surface area (Å²) in [4.78, 5) is 51.6. The minimum absolute atomic E-state index is 0.0326. The third-order valence-electron chi connectivity index (χ3n) is 4.29. The van der Waals surface area contributed by atoms with Gasteiger partial charge in [-0.05, 0) is 24.1 Å². The SMILES string of the molecule is [N-]=[N+]=NCCS(=O)(=O)c1cccc2c1C(=O)N(C1CCC(=O)NC1=O)C2=O. The van der Waals surface area contributed by atoms with E-state index in [0.717, 1.165) is 0 Å². The number of benzene rings is 1. The summed E-state index contributed by atoms with van der Waals surface area (Å²) in [6.07, 6.45) is -0.0732. The Labute approximate surface area is 152 Å². The van der Waals surface area contributed by atoms with E-state index in [0.29, 0.717) is 4.90 Å². The number of nitrogens with one attached hydrogen (secondary N) is 1. The summed E-state index contributed by atoms with van der Waals surface area (Å²) in [7, 11) is -4.01. The maximum absolute atomic E-state index is 12.8. The largest absolute Gasteiger partial charge is 0.295 e. The first-order chi connectivity index (χ1) is 12.8. The highest BCUT2D eigenvalue weighted by molar-refractivity contribution is 7.91. The molecule has 1 aromatic carbocycles. The summed E-state index contributed by atoms with van der Waals surface area (Å²) in [6.45, 7) is -0.332. The molecule has 0 saturated carbocycles. The van der Waals surface area contributed by atoms with Gasteiger partial charge in [0.1, 0.15) is 6.04 Å². The van der Waals surface area contributed by atoms with E-state index in [1.807, 2.05) is 0 Å². The molecule has 1 atom stereocenters. The van der Waals surface area contributed by atoms with E-state index < -0.39 is 45.3 Å². The molecule has 1 aromatic rings. The van der Waals surface area contributed by atoms with Crippen molar-refractivity contribution < 1.29 is 27.6 Å². The quantitative estimate of drug-likeness (QED) is 0.325. The van der Waals surface area contributed by atoms with Crippen LogP contribution in [-0.4, -0.2) is 55.3 Å². The van der Waals surface area contributed by atoms with Crippen LogP contribution in [0, 0.1) is 0 Å². The maximum Gasteiger partial charge on any atom is 0.263 e. The summed E-state index contributed by atoms with van der Waals surface area (Å²) in [5, 5.41) is 5.23. The molecule has 0 spiro atoms. The number of hydrogen-bond donors (Lipinski definition) is 1. The minimum Gasteiger partial charge on any atom is -0.295 e. The van der Waals surface area contributed by atoms with E-state index in [-0.39, 0.29) is 35.4 Å². The first kappa shape index (κ1) is 18.5. The van der Waals surface area contributed by atoms with Crippen LogP contribution in [0.1, 0.15) is 33.6 Å². The highest BCUT2D eigenvalue weighted by Gasteiger charge is 2.46. The number of fused-ring (bicyclic) bond motifs is 1. The Morgan fingerprint density at radius 2 is 1.96 bits per heavy atom. The molecule has 1 fully saturated rings. The topological polar surface area (TPSA) is 166 Å². The molecule has 1 saturated heterocycles. The lowest BCUT2D eigenvalue weighted by molar-refractivity contribution is -0.136. The zero-order valence-electron chi connectivity index (χ0n) is 13.8. The van der Waals surface area contributed by atoms with E-state index in [9.17, 15) is 27.6 Å². The second-order valence-electron chi connectivity index (χ2n) is 5.90. The van der Waals surface area contributed by atoms with Crippen molar-refractivity contribution >= 4 is 33.5 Å². The van der Waals surface area contributed by atoms with Gasteiger partial charge in [-0.25, -0.2) is 8.42 Å². The number of sulfone groups is 1. The monoisotopic (exact) mass is 391 g/mol. The average molecular weight is 391 g/mol. The van der Waals surface area contributed by atoms with Crippen molar-refractivity contribution in [2.24, 2.45) is 5.11 Å². The molecular weight excluding hydrogens is 378 g/mol. The van der Waals surface area contributed by atoms with Crippen LogP contribution >= 0.6 is 0 Å². The van der Waals surface area contributed by atoms with E-state index in [1.165, 1.54) is 18.2 Å². The number of carbonyl (C=O) groups excluding carboxylic acids is 4. The number of nitrogens with zero attached hydrogens (tertiary/aromatic N) is 4. The molecule has 27 heavy (non-hydrogen) atoms. The highest BCUT2D eigenvalue weighted by atomic mass is 32.2. The number of hydrogen-bond acceptors (Lipinski definition) is 7. The predicted octanol–water partition coefficient (Wildman–Crippen LogP) is 0.172. The van der Waals surface area contributed by atoms with Gasteiger partial charge in [0.05, 0.1) is 21.8 Å². The summed E-state index contributed by atoms with van der Waals surface area (Å²) < 4.78 is 25.0. The van der Waals surface area contributed by atoms with Crippen molar-refractivity contribution in [2.75, 3.05) is 12.3 Å². The summed E-state index contributed by atoms with van der Waals surface area (Å²) in [5.74, 6) is -3.53. The van der Waals surface area contributed by atoms with Gasteiger partial charge in [-0.3, -0.25) is 29.4 Å². The number of imide groups is 2. The van der Waals surface area contributed by atoms with Gasteiger partial charge in [0, 0.05) is 17.9 Å². The molecule has 2 heterocycles. The Bertz CT molecular complexity index is 1030. The lowest BCUT2D eigenvalue weighted by Crippen LogP contribution is -2.54. The van der Waals surface area contributed by atoms with Crippen LogP contribution in [0.3, 0.4) is 0 Å². The fourth-order valence-electron chi connectivity index (χ4n) is 3.06. The summed E-state index contributed by atoms with van der Waals surface area (Å²) >= 11 is 0. The van der Waals surface area contributed by atoms with E-state index in [1.54, 1.807) is 0 Å². The standard InChI is InChI=1S/C15H13N5O6S/c16-19-17-6-7-27(25,26)10-3-1-2-8-12(10)15(24)20(14(8)23)9-4-5-11(21)18-13(9)22/h1-3,9H,4-7H2,(H,18,21,22). The van der Waals surface area contributed by atoms with Crippen molar-refractivity contribution in [2.45, 2.75) is 23.8 Å². The maximum atomic E-state index is 12.8. The van der Waals surface area contributed by atoms with E-state index in [4.69, 9.17) is 5.53 Å². The Balaban J connectivity index is 2.01. The molecule has 12 heteroatoms. The van der Waals surface area contributed by atoms with Crippen LogP contribution in [0.4, 0.5) is 0 Å². The van der Waals surface area contributed by atoms with Crippen LogP contribution in [-0.2, 0) is 19.4 Å². The molecule has 11 nitrogen and oxygen atoms in total. The second kappa shape index (κ2) is 6.82. The van der Waals surface area contributed by atoms with Crippen LogP contribution < -0.4 is 5.32 Å². The zero-order chi connectivity index (χ0) is 19.8. The minimum atomic E-state index is -4.01. The van der Waals surface area contributed by atoms with Crippen LogP contribution in [0.25, 0.3) is 10.4 Å². The van der Waals surface area contributed by atoms with Crippen molar-refractivity contribution in [1.29, 1.82) is 0 Å². The summed E-state index contributed by atoms with van der Waals surface area (Å²) in [5.41, 5.74) is 7.84. The molecule has 0 aliphatic carbocycles. The van der Waals surface area contributed by atoms with E-state index in [2.05, 4.69) is 15.3 Å². The summed E-state index contributed by atoms with van der Waals surface area (Å²) in [6, 6.07) is 2.62. The molecule has 4 amide bonds. The number of carbonyl (C=O) groups is 4. The van der Waals surface area contributed by atoms with Gasteiger partial charge in [-0.15, -0.1) is 0 Å². The first-order valence-electron chi connectivity index (χ1n) is 7.86.